The number of hydrogen-bond donors (Lipinski definition) is 1. The molecule has 1 atom stereocenters. The van der Waals surface area contributed by atoms with Crippen LogP contribution in [0.1, 0.15) is 47.8 Å². The molecular formula is C25H25NO2. The van der Waals surface area contributed by atoms with Crippen molar-refractivity contribution in [1.82, 2.24) is 5.32 Å². The van der Waals surface area contributed by atoms with E-state index in [4.69, 9.17) is 4.74 Å². The minimum absolute atomic E-state index is 0.0613. The number of rotatable bonds is 3. The molecule has 0 aromatic heterocycles. The van der Waals surface area contributed by atoms with Gasteiger partial charge in [-0.05, 0) is 55.7 Å². The third kappa shape index (κ3) is 3.79. The molecular weight excluding hydrogens is 346 g/mol. The number of nitrogens with one attached hydrogen (secondary N) is 1. The zero-order valence-corrected chi connectivity index (χ0v) is 16.5. The van der Waals surface area contributed by atoms with Crippen molar-refractivity contribution in [1.29, 1.82) is 0 Å². The van der Waals surface area contributed by atoms with Gasteiger partial charge in [-0.15, -0.1) is 0 Å². The van der Waals surface area contributed by atoms with E-state index in [2.05, 4.69) is 43.4 Å². The van der Waals surface area contributed by atoms with Crippen LogP contribution in [0.25, 0.3) is 11.1 Å². The first-order valence-corrected chi connectivity index (χ1v) is 9.67. The maximum absolute atomic E-state index is 12.9. The van der Waals surface area contributed by atoms with Crippen LogP contribution in [0.2, 0.25) is 0 Å². The lowest BCUT2D eigenvalue weighted by atomic mass is 9.89. The molecule has 3 aromatic carbocycles. The number of fused-ring (bicyclic) bond motifs is 1. The fourth-order valence-corrected chi connectivity index (χ4v) is 3.77. The number of carbonyl (C=O) groups excluding carboxylic acids is 1. The van der Waals surface area contributed by atoms with Gasteiger partial charge in [0.1, 0.15) is 11.4 Å². The Balaban J connectivity index is 1.55. The number of amides is 1. The van der Waals surface area contributed by atoms with Crippen LogP contribution in [0.4, 0.5) is 0 Å². The Hall–Kier alpha value is -3.07. The molecule has 4 rings (SSSR count). The molecule has 28 heavy (non-hydrogen) atoms. The van der Waals surface area contributed by atoms with Crippen molar-refractivity contribution < 1.29 is 9.53 Å². The second-order valence-electron chi connectivity index (χ2n) is 8.08. The molecule has 1 aliphatic heterocycles. The van der Waals surface area contributed by atoms with Crippen LogP contribution in [-0.2, 0) is 0 Å². The molecule has 3 nitrogen and oxygen atoms in total. The first kappa shape index (κ1) is 18.3. The molecule has 3 heteroatoms. The summed E-state index contributed by atoms with van der Waals surface area (Å²) < 4.78 is 6.13. The van der Waals surface area contributed by atoms with E-state index in [1.54, 1.807) is 0 Å². The molecule has 0 fully saturated rings. The first-order valence-electron chi connectivity index (χ1n) is 9.67. The normalized spacial score (nSPS) is 17.3. The average molecular weight is 371 g/mol. The summed E-state index contributed by atoms with van der Waals surface area (Å²) in [7, 11) is 0. The van der Waals surface area contributed by atoms with Crippen molar-refractivity contribution in [3.05, 3.63) is 89.5 Å². The predicted molar refractivity (Wildman–Crippen MR) is 113 cm³/mol. The van der Waals surface area contributed by atoms with E-state index in [0.29, 0.717) is 5.56 Å². The maximum atomic E-state index is 12.9. The van der Waals surface area contributed by atoms with E-state index < -0.39 is 0 Å². The van der Waals surface area contributed by atoms with Crippen molar-refractivity contribution in [3.63, 3.8) is 0 Å². The topological polar surface area (TPSA) is 38.3 Å². The van der Waals surface area contributed by atoms with Crippen molar-refractivity contribution in [2.24, 2.45) is 0 Å². The zero-order chi connectivity index (χ0) is 19.7. The van der Waals surface area contributed by atoms with Crippen molar-refractivity contribution in [2.75, 3.05) is 0 Å². The summed E-state index contributed by atoms with van der Waals surface area (Å²) in [5.41, 5.74) is 4.78. The quantitative estimate of drug-likeness (QED) is 0.642. The molecule has 3 aromatic rings. The van der Waals surface area contributed by atoms with Gasteiger partial charge in [0.2, 0.25) is 0 Å². The van der Waals surface area contributed by atoms with Gasteiger partial charge in [0.05, 0.1) is 6.04 Å². The van der Waals surface area contributed by atoms with E-state index in [9.17, 15) is 4.79 Å². The molecule has 142 valence electrons. The Bertz CT molecular complexity index is 991. The number of carbonyl (C=O) groups is 1. The second-order valence-corrected chi connectivity index (χ2v) is 8.08. The molecule has 1 aliphatic rings. The van der Waals surface area contributed by atoms with Gasteiger partial charge in [0.15, 0.2) is 0 Å². The van der Waals surface area contributed by atoms with Crippen LogP contribution in [-0.4, -0.2) is 11.5 Å². The Morgan fingerprint density at radius 1 is 0.964 bits per heavy atom. The summed E-state index contributed by atoms with van der Waals surface area (Å²) >= 11 is 0. The fourth-order valence-electron chi connectivity index (χ4n) is 3.77. The molecule has 0 spiro atoms. The van der Waals surface area contributed by atoms with Crippen LogP contribution < -0.4 is 10.1 Å². The number of benzene rings is 3. The summed E-state index contributed by atoms with van der Waals surface area (Å²) in [6, 6.07) is 24.0. The summed E-state index contributed by atoms with van der Waals surface area (Å²) in [6.07, 6.45) is 0.733. The number of ether oxygens (including phenoxy) is 1. The molecule has 0 aliphatic carbocycles. The Morgan fingerprint density at radius 3 is 2.36 bits per heavy atom. The lowest BCUT2D eigenvalue weighted by Crippen LogP contribution is -2.41. The summed E-state index contributed by atoms with van der Waals surface area (Å²) in [5.74, 6) is 0.801. The van der Waals surface area contributed by atoms with Crippen molar-refractivity contribution in [3.8, 4) is 16.9 Å². The Labute approximate surface area is 166 Å². The third-order valence-electron chi connectivity index (χ3n) is 5.19. The lowest BCUT2D eigenvalue weighted by molar-refractivity contribution is 0.0619. The molecule has 0 radical (unpaired) electrons. The predicted octanol–water partition coefficient (Wildman–Crippen LogP) is 5.69. The Kier molecular flexibility index (Phi) is 4.68. The molecule has 1 amide bonds. The lowest BCUT2D eigenvalue weighted by Gasteiger charge is -2.38. The molecule has 0 unspecified atom stereocenters. The van der Waals surface area contributed by atoms with Crippen molar-refractivity contribution in [2.45, 2.75) is 38.8 Å². The molecule has 1 heterocycles. The van der Waals surface area contributed by atoms with Gasteiger partial charge in [0, 0.05) is 17.5 Å². The highest BCUT2D eigenvalue weighted by molar-refractivity contribution is 5.95. The van der Waals surface area contributed by atoms with Crippen LogP contribution in [0.15, 0.2) is 72.8 Å². The number of hydrogen-bond acceptors (Lipinski definition) is 2. The molecule has 0 bridgehead atoms. The summed E-state index contributed by atoms with van der Waals surface area (Å²) in [4.78, 5) is 12.9. The van der Waals surface area contributed by atoms with Crippen LogP contribution in [0, 0.1) is 6.92 Å². The van der Waals surface area contributed by atoms with Crippen LogP contribution >= 0.6 is 0 Å². The third-order valence-corrected chi connectivity index (χ3v) is 5.19. The maximum Gasteiger partial charge on any atom is 0.251 e. The zero-order valence-electron chi connectivity index (χ0n) is 16.5. The van der Waals surface area contributed by atoms with E-state index >= 15 is 0 Å². The van der Waals surface area contributed by atoms with E-state index in [0.717, 1.165) is 34.4 Å². The molecule has 0 saturated heterocycles. The van der Waals surface area contributed by atoms with Crippen LogP contribution in [0.3, 0.4) is 0 Å². The SMILES string of the molecule is Cc1ccc2c(c1)OC(C)(C)C[C@H]2NC(=O)c1ccc(-c2ccccc2)cc1. The van der Waals surface area contributed by atoms with Gasteiger partial charge >= 0.3 is 0 Å². The fraction of sp³-hybridized carbons (Fsp3) is 0.240. The number of aryl methyl sites for hydroxylation is 1. The first-order chi connectivity index (χ1) is 13.4. The highest BCUT2D eigenvalue weighted by atomic mass is 16.5. The Morgan fingerprint density at radius 2 is 1.64 bits per heavy atom. The standard InChI is InChI=1S/C25H25NO2/c1-17-9-14-21-22(16-25(2,3)28-23(21)15-17)26-24(27)20-12-10-19(11-13-20)18-7-5-4-6-8-18/h4-15,22H,16H2,1-3H3,(H,26,27)/t22-/m1/s1. The van der Waals surface area contributed by atoms with E-state index in [1.165, 1.54) is 0 Å². The van der Waals surface area contributed by atoms with Gasteiger partial charge in [-0.25, -0.2) is 0 Å². The van der Waals surface area contributed by atoms with Gasteiger partial charge in [-0.1, -0.05) is 54.6 Å². The van der Waals surface area contributed by atoms with Gasteiger partial charge < -0.3 is 10.1 Å². The smallest absolute Gasteiger partial charge is 0.251 e. The van der Waals surface area contributed by atoms with Gasteiger partial charge in [0.25, 0.3) is 5.91 Å². The van der Waals surface area contributed by atoms with Crippen molar-refractivity contribution >= 4 is 5.91 Å². The molecule has 1 N–H and O–H groups in total. The van der Waals surface area contributed by atoms with Gasteiger partial charge in [-0.2, -0.15) is 0 Å². The van der Waals surface area contributed by atoms with Crippen LogP contribution in [0.5, 0.6) is 5.75 Å². The largest absolute Gasteiger partial charge is 0.487 e. The highest BCUT2D eigenvalue weighted by Crippen LogP contribution is 2.40. The van der Waals surface area contributed by atoms with E-state index in [-0.39, 0.29) is 17.6 Å². The highest BCUT2D eigenvalue weighted by Gasteiger charge is 2.34. The molecule has 0 saturated carbocycles. The second kappa shape index (κ2) is 7.16. The monoisotopic (exact) mass is 371 g/mol. The van der Waals surface area contributed by atoms with E-state index in [1.807, 2.05) is 55.5 Å². The van der Waals surface area contributed by atoms with Gasteiger partial charge in [-0.3, -0.25) is 4.79 Å². The average Bonchev–Trinajstić information content (AvgIpc) is 2.67. The summed E-state index contributed by atoms with van der Waals surface area (Å²) in [6.45, 7) is 6.17. The summed E-state index contributed by atoms with van der Waals surface area (Å²) in [5, 5.41) is 3.21. The minimum atomic E-state index is -0.324. The minimum Gasteiger partial charge on any atom is -0.487 e.